The van der Waals surface area contributed by atoms with Gasteiger partial charge >= 0.3 is 0 Å². The summed E-state index contributed by atoms with van der Waals surface area (Å²) >= 11 is 0. The molecule has 0 heterocycles. The van der Waals surface area contributed by atoms with E-state index >= 15 is 0 Å². The van der Waals surface area contributed by atoms with Gasteiger partial charge in [-0.1, -0.05) is 43.7 Å². The van der Waals surface area contributed by atoms with E-state index in [2.05, 4.69) is 36.2 Å². The van der Waals surface area contributed by atoms with Crippen molar-refractivity contribution >= 4 is 11.8 Å². The monoisotopic (exact) mass is 408 g/mol. The van der Waals surface area contributed by atoms with Gasteiger partial charge in [0.05, 0.1) is 6.10 Å². The number of hydrogen-bond acceptors (Lipinski definition) is 4. The van der Waals surface area contributed by atoms with E-state index < -0.39 is 24.0 Å². The van der Waals surface area contributed by atoms with Crippen LogP contribution in [0.25, 0.3) is 0 Å². The van der Waals surface area contributed by atoms with E-state index in [9.17, 15) is 14.7 Å². The Kier molecular flexibility index (Phi) is 9.07. The van der Waals surface area contributed by atoms with Gasteiger partial charge in [-0.3, -0.25) is 14.8 Å². The van der Waals surface area contributed by atoms with Crippen molar-refractivity contribution in [3.63, 3.8) is 0 Å². The number of unbranched alkanes of at least 4 members (excludes halogenated alkanes) is 2. The van der Waals surface area contributed by atoms with Crippen molar-refractivity contribution in [2.75, 3.05) is 0 Å². The lowest BCUT2D eigenvalue weighted by Gasteiger charge is -2.19. The molecule has 6 nitrogen and oxygen atoms in total. The molecule has 2 aromatic carbocycles. The Morgan fingerprint density at radius 1 is 0.967 bits per heavy atom. The summed E-state index contributed by atoms with van der Waals surface area (Å²) in [4.78, 5) is 23.8. The van der Waals surface area contributed by atoms with E-state index in [1.165, 1.54) is 37.2 Å². The van der Waals surface area contributed by atoms with Crippen LogP contribution in [0, 0.1) is 11.8 Å². The number of rotatable bonds is 8. The number of carbonyl (C=O) groups excluding carboxylic acids is 2. The van der Waals surface area contributed by atoms with Crippen LogP contribution >= 0.6 is 0 Å². The fourth-order valence-electron chi connectivity index (χ4n) is 2.88. The number of aryl methyl sites for hydroxylation is 1. The molecule has 0 saturated heterocycles. The Morgan fingerprint density at radius 3 is 2.03 bits per heavy atom. The zero-order valence-electron chi connectivity index (χ0n) is 17.3. The molecular weight excluding hydrogens is 380 g/mol. The van der Waals surface area contributed by atoms with Crippen molar-refractivity contribution < 1.29 is 19.9 Å². The summed E-state index contributed by atoms with van der Waals surface area (Å²) in [7, 11) is 0. The summed E-state index contributed by atoms with van der Waals surface area (Å²) in [5.41, 5.74) is 4.73. The highest BCUT2D eigenvalue weighted by Crippen LogP contribution is 2.09. The van der Waals surface area contributed by atoms with Gasteiger partial charge in [0.15, 0.2) is 0 Å². The third-order valence-corrected chi connectivity index (χ3v) is 4.68. The Bertz CT molecular complexity index is 894. The number of nitrogens with one attached hydrogen (secondary N) is 2. The van der Waals surface area contributed by atoms with E-state index in [0.29, 0.717) is 5.56 Å². The summed E-state index contributed by atoms with van der Waals surface area (Å²) < 4.78 is 0. The van der Waals surface area contributed by atoms with Crippen LogP contribution in [0.3, 0.4) is 0 Å². The van der Waals surface area contributed by atoms with Gasteiger partial charge in [0, 0.05) is 16.7 Å². The molecule has 0 saturated carbocycles. The third kappa shape index (κ3) is 7.03. The molecule has 4 N–H and O–H groups in total. The first-order valence-electron chi connectivity index (χ1n) is 10.1. The molecule has 0 aliphatic heterocycles. The quantitative estimate of drug-likeness (QED) is 0.234. The number of aliphatic hydroxyl groups is 1. The molecule has 158 valence electrons. The molecule has 0 fully saturated rings. The fraction of sp³-hybridized carbons (Fsp3) is 0.333. The van der Waals surface area contributed by atoms with Crippen molar-refractivity contribution in [3.05, 3.63) is 70.8 Å². The average molecular weight is 408 g/mol. The molecule has 0 radical (unpaired) electrons. The van der Waals surface area contributed by atoms with Crippen LogP contribution in [0.15, 0.2) is 48.5 Å². The Balaban J connectivity index is 1.99. The van der Waals surface area contributed by atoms with E-state index in [1.54, 1.807) is 24.3 Å². The smallest absolute Gasteiger partial charge is 0.268 e. The molecule has 2 aromatic rings. The van der Waals surface area contributed by atoms with Crippen LogP contribution in [0.1, 0.15) is 60.2 Å². The second-order valence-corrected chi connectivity index (χ2v) is 7.15. The van der Waals surface area contributed by atoms with Crippen molar-refractivity contribution in [1.29, 1.82) is 0 Å². The predicted octanol–water partition coefficient (Wildman–Crippen LogP) is 2.80. The first-order chi connectivity index (χ1) is 14.4. The lowest BCUT2D eigenvalue weighted by atomic mass is 10.1. The normalized spacial score (nSPS) is 12.3. The minimum atomic E-state index is -1.26. The topological polar surface area (TPSA) is 98.7 Å². The highest BCUT2D eigenvalue weighted by Gasteiger charge is 2.25. The van der Waals surface area contributed by atoms with Crippen LogP contribution in [-0.4, -0.2) is 34.3 Å². The molecule has 2 rings (SSSR count). The predicted molar refractivity (Wildman–Crippen MR) is 115 cm³/mol. The first kappa shape index (κ1) is 23.1. The maximum atomic E-state index is 12.3. The number of aliphatic hydroxyl groups excluding tert-OH is 1. The highest BCUT2D eigenvalue weighted by molar-refractivity contribution is 5.97. The van der Waals surface area contributed by atoms with Crippen molar-refractivity contribution in [1.82, 2.24) is 10.8 Å². The number of carbonyl (C=O) groups is 2. The summed E-state index contributed by atoms with van der Waals surface area (Å²) in [6, 6.07) is 13.6. The molecule has 2 atom stereocenters. The van der Waals surface area contributed by atoms with E-state index in [4.69, 9.17) is 5.21 Å². The number of hydroxylamine groups is 1. The van der Waals surface area contributed by atoms with Crippen molar-refractivity contribution in [2.45, 2.75) is 51.7 Å². The molecular formula is C24H28N2O4. The van der Waals surface area contributed by atoms with Crippen LogP contribution in [0.2, 0.25) is 0 Å². The zero-order valence-corrected chi connectivity index (χ0v) is 17.3. The first-order valence-corrected chi connectivity index (χ1v) is 10.1. The van der Waals surface area contributed by atoms with Gasteiger partial charge in [0.1, 0.15) is 6.04 Å². The van der Waals surface area contributed by atoms with Crippen molar-refractivity contribution in [3.8, 4) is 11.8 Å². The largest absolute Gasteiger partial charge is 0.391 e. The zero-order chi connectivity index (χ0) is 21.9. The van der Waals surface area contributed by atoms with E-state index in [1.807, 2.05) is 12.1 Å². The molecule has 0 aromatic heterocycles. The van der Waals surface area contributed by atoms with Gasteiger partial charge in [0.25, 0.3) is 11.8 Å². The SMILES string of the molecule is CCCCCc1ccc(C#Cc2ccc(C(=O)NC(C(=O)NO)C(C)O)cc2)cc1. The molecule has 2 unspecified atom stereocenters. The van der Waals surface area contributed by atoms with E-state index in [0.717, 1.165) is 17.5 Å². The molecule has 0 bridgehead atoms. The number of amides is 2. The maximum Gasteiger partial charge on any atom is 0.268 e. The van der Waals surface area contributed by atoms with Gasteiger partial charge in [-0.05, 0) is 61.7 Å². The maximum absolute atomic E-state index is 12.3. The van der Waals surface area contributed by atoms with Crippen LogP contribution in [-0.2, 0) is 11.2 Å². The Labute approximate surface area is 177 Å². The molecule has 0 spiro atoms. The minimum Gasteiger partial charge on any atom is -0.391 e. The summed E-state index contributed by atoms with van der Waals surface area (Å²) in [5.74, 6) is 4.75. The fourth-order valence-corrected chi connectivity index (χ4v) is 2.88. The summed E-state index contributed by atoms with van der Waals surface area (Å²) in [6.45, 7) is 3.54. The number of benzene rings is 2. The van der Waals surface area contributed by atoms with Crippen LogP contribution in [0.5, 0.6) is 0 Å². The minimum absolute atomic E-state index is 0.313. The molecule has 2 amide bonds. The van der Waals surface area contributed by atoms with E-state index in [-0.39, 0.29) is 0 Å². The Hall–Kier alpha value is -3.14. The third-order valence-electron chi connectivity index (χ3n) is 4.68. The van der Waals surface area contributed by atoms with Gasteiger partial charge in [0.2, 0.25) is 0 Å². The lowest BCUT2D eigenvalue weighted by Crippen LogP contribution is -2.51. The van der Waals surface area contributed by atoms with Gasteiger partial charge in [-0.25, -0.2) is 5.48 Å². The highest BCUT2D eigenvalue weighted by atomic mass is 16.5. The van der Waals surface area contributed by atoms with Gasteiger partial charge < -0.3 is 10.4 Å². The average Bonchev–Trinajstić information content (AvgIpc) is 2.76. The second kappa shape index (κ2) is 11.8. The van der Waals surface area contributed by atoms with Crippen molar-refractivity contribution in [2.24, 2.45) is 0 Å². The Morgan fingerprint density at radius 2 is 1.53 bits per heavy atom. The van der Waals surface area contributed by atoms with Crippen LogP contribution in [0.4, 0.5) is 0 Å². The van der Waals surface area contributed by atoms with Gasteiger partial charge in [-0.15, -0.1) is 0 Å². The molecule has 30 heavy (non-hydrogen) atoms. The molecule has 0 aliphatic carbocycles. The number of hydrogen-bond donors (Lipinski definition) is 4. The van der Waals surface area contributed by atoms with Gasteiger partial charge in [-0.2, -0.15) is 0 Å². The molecule has 0 aliphatic rings. The van der Waals surface area contributed by atoms with Crippen LogP contribution < -0.4 is 10.8 Å². The standard InChI is InChI=1S/C24H28N2O4/c1-3-4-5-6-18-7-9-19(10-8-18)11-12-20-13-15-21(16-14-20)23(28)25-22(17(2)27)24(29)26-30/h7-10,13-17,22,27,30H,3-6H2,1-2H3,(H,25,28)(H,26,29). The molecule has 6 heteroatoms. The summed E-state index contributed by atoms with van der Waals surface area (Å²) in [6.07, 6.45) is 3.57. The lowest BCUT2D eigenvalue weighted by molar-refractivity contribution is -0.133. The summed E-state index contributed by atoms with van der Waals surface area (Å²) in [5, 5.41) is 20.7. The second-order valence-electron chi connectivity index (χ2n) is 7.15.